The number of nitro benzene ring substituents is 1. The van der Waals surface area contributed by atoms with Crippen LogP contribution in [-0.2, 0) is 22.6 Å². The lowest BCUT2D eigenvalue weighted by atomic mass is 10.0. The lowest BCUT2D eigenvalue weighted by Gasteiger charge is -2.39. The molecular weight excluding hydrogens is 462 g/mol. The summed E-state index contributed by atoms with van der Waals surface area (Å²) in [4.78, 5) is 44.9. The van der Waals surface area contributed by atoms with E-state index < -0.39 is 17.1 Å². The number of benzene rings is 2. The van der Waals surface area contributed by atoms with Crippen molar-refractivity contribution in [2.45, 2.75) is 19.1 Å². The number of hydrogen-bond donors (Lipinski definition) is 0. The van der Waals surface area contributed by atoms with Crippen LogP contribution in [0.15, 0.2) is 85.2 Å². The van der Waals surface area contributed by atoms with Crippen molar-refractivity contribution in [3.63, 3.8) is 0 Å². The van der Waals surface area contributed by atoms with Gasteiger partial charge in [-0.15, -0.1) is 0 Å². The van der Waals surface area contributed by atoms with Crippen LogP contribution in [0, 0.1) is 10.1 Å². The molecule has 1 atom stereocenters. The van der Waals surface area contributed by atoms with Crippen molar-refractivity contribution in [1.82, 2.24) is 14.3 Å². The average Bonchev–Trinajstić information content (AvgIpc) is 3.33. The number of carbonyl (C=O) groups excluding carboxylic acids is 2. The Bertz CT molecular complexity index is 1370. The Labute approximate surface area is 206 Å². The van der Waals surface area contributed by atoms with E-state index in [2.05, 4.69) is 4.98 Å². The van der Waals surface area contributed by atoms with Gasteiger partial charge in [-0.3, -0.25) is 24.7 Å². The summed E-state index contributed by atoms with van der Waals surface area (Å²) in [5.41, 5.74) is 2.19. The molecule has 0 unspecified atom stereocenters. The molecule has 2 aromatic carbocycles. The largest absolute Gasteiger partial charge is 0.445 e. The Morgan fingerprint density at radius 2 is 1.75 bits per heavy atom. The molecule has 0 radical (unpaired) electrons. The van der Waals surface area contributed by atoms with Crippen molar-refractivity contribution in [2.75, 3.05) is 18.0 Å². The van der Waals surface area contributed by atoms with Crippen LogP contribution in [0.5, 0.6) is 0 Å². The quantitative estimate of drug-likeness (QED) is 0.303. The van der Waals surface area contributed by atoms with Gasteiger partial charge in [-0.1, -0.05) is 48.5 Å². The number of anilines is 1. The first-order valence-electron chi connectivity index (χ1n) is 11.5. The van der Waals surface area contributed by atoms with Crippen molar-refractivity contribution in [3.05, 3.63) is 106 Å². The predicted octanol–water partition coefficient (Wildman–Crippen LogP) is 3.84. The van der Waals surface area contributed by atoms with Crippen molar-refractivity contribution < 1.29 is 19.2 Å². The van der Waals surface area contributed by atoms with Crippen LogP contribution in [0.3, 0.4) is 0 Å². The molecule has 1 saturated heterocycles. The molecule has 10 heteroatoms. The van der Waals surface area contributed by atoms with Crippen LogP contribution < -0.4 is 4.90 Å². The molecule has 0 spiro atoms. The standard InChI is InChI=1S/C26H23N5O5/c32-25-22(16-19-9-11-21(12-10-19)31(34)35)29(26(33)36-18-20-6-2-1-3-7-20)14-15-30(25)24-17-28-13-5-4-8-23(28)27-24/h1-13,17,22H,14-16,18H2/t22-/m1/s1. The maximum Gasteiger partial charge on any atom is 0.410 e. The van der Waals surface area contributed by atoms with Gasteiger partial charge in [-0.05, 0) is 23.3 Å². The Hall–Kier alpha value is -4.73. The second kappa shape index (κ2) is 9.87. The molecule has 1 aliphatic heterocycles. The molecule has 10 nitrogen and oxygen atoms in total. The first-order valence-corrected chi connectivity index (χ1v) is 11.5. The first-order chi connectivity index (χ1) is 17.5. The van der Waals surface area contributed by atoms with Crippen LogP contribution in [0.25, 0.3) is 5.65 Å². The number of rotatable bonds is 6. The van der Waals surface area contributed by atoms with Gasteiger partial charge < -0.3 is 9.14 Å². The molecule has 36 heavy (non-hydrogen) atoms. The molecule has 0 aliphatic carbocycles. The molecule has 0 saturated carbocycles. The van der Waals surface area contributed by atoms with E-state index in [4.69, 9.17) is 4.74 Å². The highest BCUT2D eigenvalue weighted by Gasteiger charge is 2.39. The van der Waals surface area contributed by atoms with E-state index in [9.17, 15) is 19.7 Å². The van der Waals surface area contributed by atoms with Crippen molar-refractivity contribution >= 4 is 29.2 Å². The van der Waals surface area contributed by atoms with Crippen LogP contribution in [0.1, 0.15) is 11.1 Å². The van der Waals surface area contributed by atoms with Gasteiger partial charge in [0.15, 0.2) is 5.82 Å². The van der Waals surface area contributed by atoms with Gasteiger partial charge in [0.05, 0.1) is 11.1 Å². The fourth-order valence-corrected chi connectivity index (χ4v) is 4.26. The predicted molar refractivity (Wildman–Crippen MR) is 131 cm³/mol. The number of carbonyl (C=O) groups is 2. The number of nitrogens with zero attached hydrogens (tertiary/aromatic N) is 5. The molecule has 0 N–H and O–H groups in total. The molecule has 3 heterocycles. The number of ether oxygens (including phenoxy) is 1. The van der Waals surface area contributed by atoms with Crippen LogP contribution >= 0.6 is 0 Å². The zero-order valence-electron chi connectivity index (χ0n) is 19.3. The monoisotopic (exact) mass is 485 g/mol. The number of fused-ring (bicyclic) bond motifs is 1. The molecule has 182 valence electrons. The zero-order valence-corrected chi connectivity index (χ0v) is 19.3. The summed E-state index contributed by atoms with van der Waals surface area (Å²) in [6, 6.07) is 20.0. The van der Waals surface area contributed by atoms with Gasteiger partial charge in [0.25, 0.3) is 11.6 Å². The highest BCUT2D eigenvalue weighted by atomic mass is 16.6. The number of imidazole rings is 1. The minimum absolute atomic E-state index is 0.0424. The molecule has 2 aromatic heterocycles. The summed E-state index contributed by atoms with van der Waals surface area (Å²) in [6.45, 7) is 0.607. The van der Waals surface area contributed by atoms with E-state index in [-0.39, 0.29) is 37.7 Å². The number of nitro groups is 1. The molecule has 1 aliphatic rings. The first kappa shape index (κ1) is 23.0. The highest BCUT2D eigenvalue weighted by Crippen LogP contribution is 2.24. The Morgan fingerprint density at radius 3 is 2.47 bits per heavy atom. The maximum absolute atomic E-state index is 13.7. The summed E-state index contributed by atoms with van der Waals surface area (Å²) in [6.07, 6.45) is 3.22. The fraction of sp³-hybridized carbons (Fsp3) is 0.192. The van der Waals surface area contributed by atoms with E-state index in [1.807, 2.05) is 59.1 Å². The molecule has 1 fully saturated rings. The van der Waals surface area contributed by atoms with Gasteiger partial charge in [0, 0.05) is 37.8 Å². The smallest absolute Gasteiger partial charge is 0.410 e. The number of piperazine rings is 1. The number of aromatic nitrogens is 2. The van der Waals surface area contributed by atoms with E-state index in [0.29, 0.717) is 17.0 Å². The third kappa shape index (κ3) is 4.74. The highest BCUT2D eigenvalue weighted by molar-refractivity contribution is 5.99. The van der Waals surface area contributed by atoms with Gasteiger partial charge in [0.1, 0.15) is 18.3 Å². The third-order valence-electron chi connectivity index (χ3n) is 6.14. The number of amides is 2. The van der Waals surface area contributed by atoms with Gasteiger partial charge in [-0.2, -0.15) is 0 Å². The number of hydrogen-bond acceptors (Lipinski definition) is 6. The molecule has 5 rings (SSSR count). The van der Waals surface area contributed by atoms with Crippen molar-refractivity contribution in [2.24, 2.45) is 0 Å². The number of pyridine rings is 1. The molecule has 0 bridgehead atoms. The summed E-state index contributed by atoms with van der Waals surface area (Å²) in [5.74, 6) is 0.205. The Balaban J connectivity index is 1.40. The van der Waals surface area contributed by atoms with Gasteiger partial charge in [0.2, 0.25) is 0 Å². The molecule has 2 amide bonds. The molecule has 4 aromatic rings. The van der Waals surface area contributed by atoms with E-state index in [0.717, 1.165) is 5.56 Å². The summed E-state index contributed by atoms with van der Waals surface area (Å²) in [7, 11) is 0. The van der Waals surface area contributed by atoms with Gasteiger partial charge in [-0.25, -0.2) is 9.78 Å². The topological polar surface area (TPSA) is 110 Å². The number of non-ortho nitro benzene ring substituents is 1. The maximum atomic E-state index is 13.7. The normalized spacial score (nSPS) is 15.8. The second-order valence-electron chi connectivity index (χ2n) is 8.43. The van der Waals surface area contributed by atoms with Crippen molar-refractivity contribution in [3.8, 4) is 0 Å². The third-order valence-corrected chi connectivity index (χ3v) is 6.14. The van der Waals surface area contributed by atoms with Crippen molar-refractivity contribution in [1.29, 1.82) is 0 Å². The lowest BCUT2D eigenvalue weighted by Crippen LogP contribution is -2.60. The second-order valence-corrected chi connectivity index (χ2v) is 8.43. The lowest BCUT2D eigenvalue weighted by molar-refractivity contribution is -0.384. The SMILES string of the molecule is O=C1[C@@H](Cc2ccc([N+](=O)[O-])cc2)N(C(=O)OCc2ccccc2)CCN1c1cn2ccccc2n1. The Kier molecular flexibility index (Phi) is 6.31. The van der Waals surface area contributed by atoms with Crippen LogP contribution in [0.4, 0.5) is 16.3 Å². The van der Waals surface area contributed by atoms with E-state index in [1.54, 1.807) is 23.2 Å². The summed E-state index contributed by atoms with van der Waals surface area (Å²) < 4.78 is 7.36. The average molecular weight is 486 g/mol. The summed E-state index contributed by atoms with van der Waals surface area (Å²) >= 11 is 0. The minimum atomic E-state index is -0.853. The summed E-state index contributed by atoms with van der Waals surface area (Å²) in [5, 5.41) is 11.0. The van der Waals surface area contributed by atoms with Crippen LogP contribution in [0.2, 0.25) is 0 Å². The van der Waals surface area contributed by atoms with E-state index in [1.165, 1.54) is 17.0 Å². The van der Waals surface area contributed by atoms with Crippen LogP contribution in [-0.4, -0.2) is 50.3 Å². The minimum Gasteiger partial charge on any atom is -0.445 e. The molecular formula is C26H23N5O5. The fourth-order valence-electron chi connectivity index (χ4n) is 4.26. The van der Waals surface area contributed by atoms with E-state index >= 15 is 0 Å². The Morgan fingerprint density at radius 1 is 1.00 bits per heavy atom. The zero-order chi connectivity index (χ0) is 25.1. The van der Waals surface area contributed by atoms with Gasteiger partial charge >= 0.3 is 6.09 Å².